The average molecular weight is 474 g/mol. The predicted molar refractivity (Wildman–Crippen MR) is 126 cm³/mol. The smallest absolute Gasteiger partial charge is 0.276 e. The van der Waals surface area contributed by atoms with Gasteiger partial charge in [-0.1, -0.05) is 28.7 Å². The van der Waals surface area contributed by atoms with Gasteiger partial charge in [0.05, 0.1) is 17.9 Å². The second kappa shape index (κ2) is 8.19. The molecule has 1 aromatic carbocycles. The zero-order valence-electron chi connectivity index (χ0n) is 16.6. The van der Waals surface area contributed by atoms with E-state index in [9.17, 15) is 0 Å². The van der Waals surface area contributed by atoms with Crippen LogP contribution in [0.15, 0.2) is 30.7 Å². The topological polar surface area (TPSA) is 104 Å². The van der Waals surface area contributed by atoms with E-state index in [-0.39, 0.29) is 18.5 Å². The summed E-state index contributed by atoms with van der Waals surface area (Å²) in [4.78, 5) is 11.4. The highest BCUT2D eigenvalue weighted by Crippen LogP contribution is 2.40. The molecular weight excluding hydrogens is 454 g/mol. The molecule has 0 spiro atoms. The number of aromatic nitrogens is 6. The third-order valence-corrected chi connectivity index (χ3v) is 7.41. The van der Waals surface area contributed by atoms with Gasteiger partial charge in [0.2, 0.25) is 0 Å². The molecule has 4 aromatic heterocycles. The number of H-pyrrole nitrogens is 2. The minimum Gasteiger partial charge on any atom is -0.467 e. The molecule has 1 aliphatic rings. The summed E-state index contributed by atoms with van der Waals surface area (Å²) in [6, 6.07) is 4.66. The van der Waals surface area contributed by atoms with Crippen LogP contribution in [-0.2, 0) is 0 Å². The second-order valence-electron chi connectivity index (χ2n) is 7.53. The van der Waals surface area contributed by atoms with Gasteiger partial charge in [-0.3, -0.25) is 10.2 Å². The Morgan fingerprint density at radius 1 is 1.06 bits per heavy atom. The normalized spacial score (nSPS) is 19.0. The summed E-state index contributed by atoms with van der Waals surface area (Å²) in [6.07, 6.45) is 7.79. The van der Waals surface area contributed by atoms with Crippen molar-refractivity contribution in [3.05, 3.63) is 30.7 Å². The maximum Gasteiger partial charge on any atom is 0.276 e. The van der Waals surface area contributed by atoms with Crippen LogP contribution in [0.2, 0.25) is 0 Å². The highest BCUT2D eigenvalue weighted by molar-refractivity contribution is 7.28. The van der Waals surface area contributed by atoms with Crippen molar-refractivity contribution in [3.8, 4) is 26.9 Å². The van der Waals surface area contributed by atoms with Crippen molar-refractivity contribution in [1.29, 1.82) is 0 Å². The van der Waals surface area contributed by atoms with E-state index in [1.54, 1.807) is 11.3 Å². The molecule has 6 rings (SSSR count). The molecule has 0 radical (unpaired) electrons. The fourth-order valence-electron chi connectivity index (χ4n) is 3.99. The standard InChI is InChI=1S/C20H19N7OS2.ClH/c1-10-6-12(4-5-21-10)28-20-26-19-18(30-20)25-17(29-19)14-3-2-13(11-7-22-23-8-11)15-9-24-27-16(14)15;/h2-3,7-10,12,21H,4-6H2,1H3,(H,22,23)(H,24,27);1H/t10-,12+;/m1./s1. The first-order chi connectivity index (χ1) is 14.7. The van der Waals surface area contributed by atoms with Gasteiger partial charge >= 0.3 is 0 Å². The summed E-state index contributed by atoms with van der Waals surface area (Å²) < 4.78 is 6.14. The molecule has 0 saturated carbocycles. The molecule has 3 N–H and O–H groups in total. The van der Waals surface area contributed by atoms with E-state index in [1.165, 1.54) is 11.3 Å². The molecule has 160 valence electrons. The maximum absolute atomic E-state index is 6.14. The molecule has 0 unspecified atom stereocenters. The monoisotopic (exact) mass is 473 g/mol. The Bertz CT molecular complexity index is 1290. The second-order valence-corrected chi connectivity index (χ2v) is 9.45. The highest BCUT2D eigenvalue weighted by atomic mass is 35.5. The van der Waals surface area contributed by atoms with Crippen LogP contribution >= 0.6 is 35.1 Å². The Morgan fingerprint density at radius 3 is 2.74 bits per heavy atom. The number of fused-ring (bicyclic) bond motifs is 2. The lowest BCUT2D eigenvalue weighted by molar-refractivity contribution is 0.144. The lowest BCUT2D eigenvalue weighted by Gasteiger charge is -2.27. The van der Waals surface area contributed by atoms with Crippen LogP contribution in [0.1, 0.15) is 19.8 Å². The van der Waals surface area contributed by atoms with Gasteiger partial charge in [0, 0.05) is 28.8 Å². The van der Waals surface area contributed by atoms with Gasteiger partial charge in [-0.15, -0.1) is 12.4 Å². The summed E-state index contributed by atoms with van der Waals surface area (Å²) in [6.45, 7) is 3.18. The largest absolute Gasteiger partial charge is 0.467 e. The first kappa shape index (κ1) is 20.4. The molecule has 0 aliphatic carbocycles. The molecule has 0 amide bonds. The summed E-state index contributed by atoms with van der Waals surface area (Å²) >= 11 is 3.11. The van der Waals surface area contributed by atoms with Crippen LogP contribution < -0.4 is 10.1 Å². The van der Waals surface area contributed by atoms with E-state index in [0.29, 0.717) is 6.04 Å². The summed E-state index contributed by atoms with van der Waals surface area (Å²) in [5, 5.41) is 20.5. The fraction of sp³-hybridized carbons (Fsp3) is 0.300. The number of rotatable bonds is 4. The van der Waals surface area contributed by atoms with Gasteiger partial charge in [-0.05, 0) is 37.9 Å². The van der Waals surface area contributed by atoms with Crippen LogP contribution in [0.4, 0.5) is 0 Å². The summed E-state index contributed by atoms with van der Waals surface area (Å²) in [7, 11) is 0. The van der Waals surface area contributed by atoms with Crippen molar-refractivity contribution in [2.24, 2.45) is 0 Å². The first-order valence-electron chi connectivity index (χ1n) is 9.87. The van der Waals surface area contributed by atoms with Crippen molar-refractivity contribution in [2.45, 2.75) is 31.9 Å². The van der Waals surface area contributed by atoms with Gasteiger partial charge in [-0.25, -0.2) is 4.98 Å². The van der Waals surface area contributed by atoms with Crippen LogP contribution in [0.3, 0.4) is 0 Å². The van der Waals surface area contributed by atoms with Crippen LogP contribution in [0.5, 0.6) is 5.19 Å². The quantitative estimate of drug-likeness (QED) is 0.351. The molecule has 8 nitrogen and oxygen atoms in total. The number of halogens is 1. The van der Waals surface area contributed by atoms with Crippen LogP contribution in [-0.4, -0.2) is 49.1 Å². The molecule has 11 heteroatoms. The third kappa shape index (κ3) is 3.69. The number of hydrogen-bond donors (Lipinski definition) is 3. The molecule has 5 heterocycles. The van der Waals surface area contributed by atoms with Crippen LogP contribution in [0.25, 0.3) is 42.3 Å². The van der Waals surface area contributed by atoms with Gasteiger partial charge in [-0.2, -0.15) is 15.2 Å². The molecular formula is C20H20ClN7OS2. The van der Waals surface area contributed by atoms with E-state index in [1.807, 2.05) is 18.6 Å². The summed E-state index contributed by atoms with van der Waals surface area (Å²) in [5.41, 5.74) is 4.11. The van der Waals surface area contributed by atoms with Crippen molar-refractivity contribution >= 4 is 55.6 Å². The Labute approximate surface area is 191 Å². The fourth-order valence-corrected chi connectivity index (χ4v) is 5.97. The van der Waals surface area contributed by atoms with E-state index in [2.05, 4.69) is 44.8 Å². The lowest BCUT2D eigenvalue weighted by Crippen LogP contribution is -2.40. The minimum atomic E-state index is 0. The van der Waals surface area contributed by atoms with Crippen molar-refractivity contribution in [3.63, 3.8) is 0 Å². The van der Waals surface area contributed by atoms with Crippen molar-refractivity contribution < 1.29 is 4.74 Å². The predicted octanol–water partition coefficient (Wildman–Crippen LogP) is 4.63. The highest BCUT2D eigenvalue weighted by Gasteiger charge is 2.22. The number of nitrogens with one attached hydrogen (secondary N) is 3. The van der Waals surface area contributed by atoms with Gasteiger partial charge in [0.25, 0.3) is 5.19 Å². The minimum absolute atomic E-state index is 0. The Morgan fingerprint density at radius 2 is 1.94 bits per heavy atom. The van der Waals surface area contributed by atoms with E-state index < -0.39 is 0 Å². The molecule has 5 aromatic rings. The molecule has 31 heavy (non-hydrogen) atoms. The Kier molecular flexibility index (Phi) is 5.39. The van der Waals surface area contributed by atoms with Crippen molar-refractivity contribution in [1.82, 2.24) is 35.7 Å². The van der Waals surface area contributed by atoms with E-state index in [0.717, 1.165) is 66.8 Å². The number of hydrogen-bond acceptors (Lipinski definition) is 8. The maximum atomic E-state index is 6.14. The molecule has 1 aliphatic heterocycles. The van der Waals surface area contributed by atoms with Gasteiger partial charge in [0.1, 0.15) is 11.1 Å². The average Bonchev–Trinajstić information content (AvgIpc) is 3.50. The number of thiazole rings is 2. The lowest BCUT2D eigenvalue weighted by atomic mass is 10.0. The Balaban J connectivity index is 0.00000204. The number of nitrogens with zero attached hydrogens (tertiary/aromatic N) is 4. The number of aromatic amines is 2. The summed E-state index contributed by atoms with van der Waals surface area (Å²) in [5.74, 6) is 0. The number of benzene rings is 1. The number of piperidine rings is 1. The molecule has 1 fully saturated rings. The van der Waals surface area contributed by atoms with Crippen LogP contribution in [0, 0.1) is 0 Å². The molecule has 2 atom stereocenters. The van der Waals surface area contributed by atoms with E-state index >= 15 is 0 Å². The Hall–Kier alpha value is -2.53. The zero-order valence-corrected chi connectivity index (χ0v) is 19.0. The molecule has 1 saturated heterocycles. The zero-order chi connectivity index (χ0) is 20.1. The van der Waals surface area contributed by atoms with E-state index in [4.69, 9.17) is 14.7 Å². The van der Waals surface area contributed by atoms with Crippen molar-refractivity contribution in [2.75, 3.05) is 6.54 Å². The SMILES string of the molecule is C[C@@H]1C[C@@H](Oc2nc3sc(-c4ccc(-c5cn[nH]c5)c5cn[nH]c45)nc3s2)CCN1.Cl. The molecule has 0 bridgehead atoms. The van der Waals surface area contributed by atoms with Gasteiger partial charge in [0.15, 0.2) is 9.66 Å². The van der Waals surface area contributed by atoms with Gasteiger partial charge < -0.3 is 10.1 Å². The third-order valence-electron chi connectivity index (χ3n) is 5.45. The number of ether oxygens (including phenoxy) is 1. The first-order valence-corrected chi connectivity index (χ1v) is 11.5.